The number of aromatic nitrogens is 2. The van der Waals surface area contributed by atoms with E-state index in [0.717, 1.165) is 12.8 Å². The molecular formula is C16H24N4O2S. The monoisotopic (exact) mass is 336 g/mol. The average molecular weight is 336 g/mol. The summed E-state index contributed by atoms with van der Waals surface area (Å²) >= 11 is 1.58. The van der Waals surface area contributed by atoms with Crippen LogP contribution in [0, 0.1) is 5.92 Å². The molecule has 0 spiro atoms. The highest BCUT2D eigenvalue weighted by Gasteiger charge is 2.36. The molecule has 0 aliphatic carbocycles. The molecule has 1 fully saturated rings. The fraction of sp³-hybridized carbons (Fsp3) is 0.625. The molecular weight excluding hydrogens is 312 g/mol. The van der Waals surface area contributed by atoms with Crippen molar-refractivity contribution in [1.29, 1.82) is 0 Å². The van der Waals surface area contributed by atoms with E-state index in [1.165, 1.54) is 18.6 Å². The van der Waals surface area contributed by atoms with Gasteiger partial charge in [0.1, 0.15) is 11.7 Å². The molecule has 2 heterocycles. The van der Waals surface area contributed by atoms with Gasteiger partial charge in [-0.05, 0) is 25.7 Å². The van der Waals surface area contributed by atoms with E-state index in [-0.39, 0.29) is 23.6 Å². The maximum atomic E-state index is 12.5. The number of hydrogen-bond donors (Lipinski definition) is 1. The summed E-state index contributed by atoms with van der Waals surface area (Å²) in [5, 5.41) is 3.03. The quantitative estimate of drug-likeness (QED) is 0.859. The lowest BCUT2D eigenvalue weighted by atomic mass is 10.0. The Labute approximate surface area is 141 Å². The smallest absolute Gasteiger partial charge is 0.275 e. The van der Waals surface area contributed by atoms with Gasteiger partial charge in [-0.25, -0.2) is 4.98 Å². The zero-order valence-electron chi connectivity index (χ0n) is 13.9. The maximum absolute atomic E-state index is 12.5. The normalized spacial score (nSPS) is 19.0. The van der Waals surface area contributed by atoms with Gasteiger partial charge in [0.2, 0.25) is 5.91 Å². The van der Waals surface area contributed by atoms with Crippen LogP contribution < -0.4 is 5.32 Å². The lowest BCUT2D eigenvalue weighted by molar-refractivity contribution is -0.125. The highest BCUT2D eigenvalue weighted by atomic mass is 32.2. The van der Waals surface area contributed by atoms with Crippen molar-refractivity contribution < 1.29 is 9.59 Å². The van der Waals surface area contributed by atoms with E-state index >= 15 is 0 Å². The Bertz CT molecular complexity index is 538. The lowest BCUT2D eigenvalue weighted by Gasteiger charge is -2.24. The molecule has 1 saturated heterocycles. The number of carbonyl (C=O) groups is 2. The summed E-state index contributed by atoms with van der Waals surface area (Å²) in [5.41, 5.74) is 0.278. The topological polar surface area (TPSA) is 75.2 Å². The Balaban J connectivity index is 1.95. The Kier molecular flexibility index (Phi) is 6.38. The van der Waals surface area contributed by atoms with Crippen LogP contribution >= 0.6 is 11.8 Å². The van der Waals surface area contributed by atoms with Crippen LogP contribution in [0.1, 0.15) is 44.1 Å². The minimum atomic E-state index is -0.434. The third-order valence-corrected chi connectivity index (χ3v) is 4.81. The number of hydrogen-bond acceptors (Lipinski definition) is 5. The largest absolute Gasteiger partial charge is 0.352 e. The molecule has 7 heteroatoms. The van der Waals surface area contributed by atoms with Gasteiger partial charge < -0.3 is 10.2 Å². The van der Waals surface area contributed by atoms with Gasteiger partial charge in [-0.2, -0.15) is 0 Å². The highest BCUT2D eigenvalue weighted by molar-refractivity contribution is 7.99. The van der Waals surface area contributed by atoms with Crippen LogP contribution in [0.25, 0.3) is 0 Å². The molecule has 2 amide bonds. The number of nitrogens with one attached hydrogen (secondary N) is 1. The molecule has 1 N–H and O–H groups in total. The van der Waals surface area contributed by atoms with E-state index < -0.39 is 6.04 Å². The van der Waals surface area contributed by atoms with Crippen molar-refractivity contribution in [3.05, 3.63) is 24.3 Å². The van der Waals surface area contributed by atoms with Crippen molar-refractivity contribution in [3.8, 4) is 0 Å². The Morgan fingerprint density at radius 3 is 2.78 bits per heavy atom. The van der Waals surface area contributed by atoms with Crippen LogP contribution in [0.5, 0.6) is 0 Å². The van der Waals surface area contributed by atoms with Crippen LogP contribution in [-0.2, 0) is 4.79 Å². The highest BCUT2D eigenvalue weighted by Crippen LogP contribution is 2.23. The average Bonchev–Trinajstić information content (AvgIpc) is 3.02. The lowest BCUT2D eigenvalue weighted by Crippen LogP contribution is -2.49. The molecule has 0 radical (unpaired) electrons. The van der Waals surface area contributed by atoms with Crippen molar-refractivity contribution in [3.63, 3.8) is 0 Å². The number of rotatable bonds is 6. The second kappa shape index (κ2) is 8.29. The van der Waals surface area contributed by atoms with E-state index in [1.807, 2.05) is 6.92 Å². The zero-order chi connectivity index (χ0) is 16.8. The molecule has 0 saturated carbocycles. The van der Waals surface area contributed by atoms with E-state index in [1.54, 1.807) is 16.7 Å². The molecule has 0 bridgehead atoms. The van der Waals surface area contributed by atoms with Gasteiger partial charge in [0, 0.05) is 24.2 Å². The first-order valence-corrected chi connectivity index (χ1v) is 9.09. The molecule has 1 aromatic rings. The number of carbonyl (C=O) groups excluding carboxylic acids is 2. The Hall–Kier alpha value is -1.63. The van der Waals surface area contributed by atoms with Crippen molar-refractivity contribution >= 4 is 23.6 Å². The maximum Gasteiger partial charge on any atom is 0.275 e. The molecule has 6 nitrogen and oxygen atoms in total. The summed E-state index contributed by atoms with van der Waals surface area (Å²) in [6.07, 6.45) is 6.46. The van der Waals surface area contributed by atoms with Crippen LogP contribution in [0.2, 0.25) is 0 Å². The van der Waals surface area contributed by atoms with Gasteiger partial charge in [-0.1, -0.05) is 13.8 Å². The summed E-state index contributed by atoms with van der Waals surface area (Å²) in [4.78, 5) is 34.5. The SMILES string of the molecule is CC(C)CC[C@H](C)NC(=O)[C@H]1CSCN1C(=O)c1cnccn1. The third-order valence-electron chi connectivity index (χ3n) is 3.79. The van der Waals surface area contributed by atoms with Crippen LogP contribution in [0.15, 0.2) is 18.6 Å². The predicted molar refractivity (Wildman–Crippen MR) is 91.0 cm³/mol. The molecule has 0 unspecified atom stereocenters. The van der Waals surface area contributed by atoms with E-state index in [0.29, 0.717) is 17.5 Å². The molecule has 2 atom stereocenters. The van der Waals surface area contributed by atoms with Gasteiger partial charge in [0.25, 0.3) is 5.91 Å². The second-order valence-corrected chi connectivity index (χ2v) is 7.26. The van der Waals surface area contributed by atoms with Crippen molar-refractivity contribution in [1.82, 2.24) is 20.2 Å². The summed E-state index contributed by atoms with van der Waals surface area (Å²) in [6, 6.07) is -0.319. The van der Waals surface area contributed by atoms with Crippen molar-refractivity contribution in [2.45, 2.75) is 45.7 Å². The summed E-state index contributed by atoms with van der Waals surface area (Å²) in [5.74, 6) is 1.43. The summed E-state index contributed by atoms with van der Waals surface area (Å²) in [7, 11) is 0. The first kappa shape index (κ1) is 17.7. The van der Waals surface area contributed by atoms with Crippen LogP contribution in [-0.4, -0.2) is 50.4 Å². The van der Waals surface area contributed by atoms with Gasteiger partial charge in [-0.15, -0.1) is 11.8 Å². The fourth-order valence-electron chi connectivity index (χ4n) is 2.41. The predicted octanol–water partition coefficient (Wildman–Crippen LogP) is 1.93. The summed E-state index contributed by atoms with van der Waals surface area (Å²) < 4.78 is 0. The molecule has 23 heavy (non-hydrogen) atoms. The molecule has 2 rings (SSSR count). The standard InChI is InChI=1S/C16H24N4O2S/c1-11(2)4-5-12(3)19-15(21)14-9-23-10-20(14)16(22)13-8-17-6-7-18-13/h6-8,11-12,14H,4-5,9-10H2,1-3H3,(H,19,21)/t12-,14+/m0/s1. The Morgan fingerprint density at radius 1 is 1.35 bits per heavy atom. The minimum Gasteiger partial charge on any atom is -0.352 e. The van der Waals surface area contributed by atoms with E-state index in [4.69, 9.17) is 0 Å². The number of thioether (sulfide) groups is 1. The molecule has 1 aromatic heterocycles. The molecule has 1 aliphatic rings. The zero-order valence-corrected chi connectivity index (χ0v) is 14.7. The van der Waals surface area contributed by atoms with E-state index in [9.17, 15) is 9.59 Å². The molecule has 126 valence electrons. The van der Waals surface area contributed by atoms with Crippen molar-refractivity contribution in [2.24, 2.45) is 5.92 Å². The fourth-order valence-corrected chi connectivity index (χ4v) is 3.57. The first-order valence-electron chi connectivity index (χ1n) is 7.94. The Morgan fingerprint density at radius 2 is 2.13 bits per heavy atom. The number of nitrogens with zero attached hydrogens (tertiary/aromatic N) is 3. The van der Waals surface area contributed by atoms with Gasteiger partial charge in [0.05, 0.1) is 12.1 Å². The molecule has 0 aromatic carbocycles. The minimum absolute atomic E-state index is 0.0801. The van der Waals surface area contributed by atoms with Gasteiger partial charge >= 0.3 is 0 Å². The molecule has 1 aliphatic heterocycles. The van der Waals surface area contributed by atoms with Gasteiger partial charge in [-0.3, -0.25) is 14.6 Å². The van der Waals surface area contributed by atoms with Crippen molar-refractivity contribution in [2.75, 3.05) is 11.6 Å². The van der Waals surface area contributed by atoms with Crippen LogP contribution in [0.3, 0.4) is 0 Å². The third kappa shape index (κ3) is 4.92. The van der Waals surface area contributed by atoms with Crippen LogP contribution in [0.4, 0.5) is 0 Å². The number of amides is 2. The summed E-state index contributed by atoms with van der Waals surface area (Å²) in [6.45, 7) is 6.35. The second-order valence-electron chi connectivity index (χ2n) is 6.26. The van der Waals surface area contributed by atoms with E-state index in [2.05, 4.69) is 29.1 Å². The first-order chi connectivity index (χ1) is 11.0. The van der Waals surface area contributed by atoms with Gasteiger partial charge in [0.15, 0.2) is 0 Å².